The summed E-state index contributed by atoms with van der Waals surface area (Å²) in [6, 6.07) is 24.4. The minimum atomic E-state index is 1.03. The van der Waals surface area contributed by atoms with E-state index in [-0.39, 0.29) is 0 Å². The van der Waals surface area contributed by atoms with Crippen molar-refractivity contribution in [3.05, 3.63) is 78.5 Å². The van der Waals surface area contributed by atoms with Crippen LogP contribution in [-0.2, 0) is 6.42 Å². The van der Waals surface area contributed by atoms with Gasteiger partial charge in [-0.15, -0.1) is 0 Å². The van der Waals surface area contributed by atoms with Crippen LogP contribution in [0.15, 0.2) is 72.9 Å². The number of rotatable bonds is 2. The molecule has 122 valence electrons. The molecule has 0 unspecified atom stereocenters. The molecule has 6 rings (SSSR count). The molecule has 0 bridgehead atoms. The second kappa shape index (κ2) is 4.92. The van der Waals surface area contributed by atoms with E-state index in [9.17, 15) is 0 Å². The predicted molar refractivity (Wildman–Crippen MR) is 111 cm³/mol. The summed E-state index contributed by atoms with van der Waals surface area (Å²) in [5.41, 5.74) is 6.46. The van der Waals surface area contributed by atoms with E-state index in [2.05, 4.69) is 72.6 Å². The summed E-state index contributed by atoms with van der Waals surface area (Å²) in [4.78, 5) is 4.58. The smallest absolute Gasteiger partial charge is 0.0702 e. The van der Waals surface area contributed by atoms with Crippen molar-refractivity contribution in [1.29, 1.82) is 0 Å². The summed E-state index contributed by atoms with van der Waals surface area (Å²) in [5, 5.41) is 8.25. The zero-order valence-electron chi connectivity index (χ0n) is 14.6. The lowest BCUT2D eigenvalue weighted by Crippen LogP contribution is -1.88. The lowest BCUT2D eigenvalue weighted by Gasteiger charge is -2.10. The average molecular weight is 331 g/mol. The maximum atomic E-state index is 4.58. The maximum absolute atomic E-state index is 4.58. The number of pyridine rings is 1. The van der Waals surface area contributed by atoms with Crippen molar-refractivity contribution in [2.45, 2.75) is 13.3 Å². The summed E-state index contributed by atoms with van der Waals surface area (Å²) in [6.45, 7) is 2.25. The molecule has 0 atom stereocenters. The zero-order valence-corrected chi connectivity index (χ0v) is 14.6. The van der Waals surface area contributed by atoms with Gasteiger partial charge in [0.1, 0.15) is 0 Å². The topological polar surface area (TPSA) is 12.9 Å². The lowest BCUT2D eigenvalue weighted by molar-refractivity contribution is 1.15. The first-order chi connectivity index (χ1) is 12.8. The first-order valence-corrected chi connectivity index (χ1v) is 9.22. The highest BCUT2D eigenvalue weighted by Crippen LogP contribution is 2.50. The van der Waals surface area contributed by atoms with Gasteiger partial charge in [0.2, 0.25) is 0 Å². The van der Waals surface area contributed by atoms with Gasteiger partial charge in [0.15, 0.2) is 0 Å². The molecule has 0 saturated heterocycles. The van der Waals surface area contributed by atoms with Crippen LogP contribution < -0.4 is 0 Å². The van der Waals surface area contributed by atoms with Gasteiger partial charge in [-0.2, -0.15) is 0 Å². The molecule has 1 heterocycles. The van der Waals surface area contributed by atoms with E-state index in [1.165, 1.54) is 54.6 Å². The summed E-state index contributed by atoms with van der Waals surface area (Å²) in [6.07, 6.45) is 2.92. The molecule has 0 fully saturated rings. The molecule has 0 saturated carbocycles. The number of hydrogen-bond acceptors (Lipinski definition) is 1. The minimum Gasteiger partial charge on any atom is -0.256 e. The Bertz CT molecular complexity index is 1350. The van der Waals surface area contributed by atoms with Crippen molar-refractivity contribution in [2.24, 2.45) is 0 Å². The first-order valence-electron chi connectivity index (χ1n) is 9.22. The number of nitrogens with zero attached hydrogens (tertiary/aromatic N) is 1. The molecule has 4 aromatic carbocycles. The van der Waals surface area contributed by atoms with Crippen molar-refractivity contribution in [3.63, 3.8) is 0 Å². The molecular weight excluding hydrogens is 314 g/mol. The van der Waals surface area contributed by atoms with Gasteiger partial charge < -0.3 is 0 Å². The fourth-order valence-corrected chi connectivity index (χ4v) is 4.62. The van der Waals surface area contributed by atoms with Crippen LogP contribution in [-0.4, -0.2) is 4.98 Å². The summed E-state index contributed by atoms with van der Waals surface area (Å²) < 4.78 is 0. The second-order valence-corrected chi connectivity index (χ2v) is 7.12. The van der Waals surface area contributed by atoms with Crippen LogP contribution in [0.25, 0.3) is 54.7 Å². The largest absolute Gasteiger partial charge is 0.256 e. The van der Waals surface area contributed by atoms with Crippen LogP contribution >= 0.6 is 0 Å². The van der Waals surface area contributed by atoms with Gasteiger partial charge in [-0.3, -0.25) is 4.98 Å². The highest BCUT2D eigenvalue weighted by Gasteiger charge is 2.23. The fourth-order valence-electron chi connectivity index (χ4n) is 4.62. The van der Waals surface area contributed by atoms with Crippen molar-refractivity contribution in [1.82, 2.24) is 4.98 Å². The molecular formula is C25H17N. The predicted octanol–water partition coefficient (Wildman–Crippen LogP) is 6.75. The monoisotopic (exact) mass is 331 g/mol. The summed E-state index contributed by atoms with van der Waals surface area (Å²) in [5.74, 6) is 0. The van der Waals surface area contributed by atoms with Gasteiger partial charge in [-0.1, -0.05) is 49.4 Å². The molecule has 1 aromatic heterocycles. The van der Waals surface area contributed by atoms with Crippen molar-refractivity contribution in [3.8, 4) is 22.4 Å². The Morgan fingerprint density at radius 1 is 0.731 bits per heavy atom. The molecule has 0 spiro atoms. The van der Waals surface area contributed by atoms with Gasteiger partial charge in [-0.05, 0) is 79.7 Å². The number of benzene rings is 4. The maximum Gasteiger partial charge on any atom is 0.0702 e. The molecule has 1 nitrogen and oxygen atoms in total. The van der Waals surface area contributed by atoms with Crippen LogP contribution in [0.5, 0.6) is 0 Å². The SMILES string of the molecule is CCc1ccc2ccc3ccc4cc(-c5ccccn5)cc5c4c3c2c1-5. The number of hydrogen-bond donors (Lipinski definition) is 0. The zero-order chi connectivity index (χ0) is 17.3. The van der Waals surface area contributed by atoms with E-state index in [1.54, 1.807) is 0 Å². The third-order valence-corrected chi connectivity index (χ3v) is 5.78. The Balaban J connectivity index is 1.84. The molecule has 0 amide bonds. The van der Waals surface area contributed by atoms with E-state index in [0.29, 0.717) is 0 Å². The number of aryl methyl sites for hydroxylation is 1. The van der Waals surface area contributed by atoms with Crippen LogP contribution in [0, 0.1) is 0 Å². The van der Waals surface area contributed by atoms with Crippen molar-refractivity contribution in [2.75, 3.05) is 0 Å². The van der Waals surface area contributed by atoms with Gasteiger partial charge >= 0.3 is 0 Å². The number of fused-ring (bicyclic) bond motifs is 1. The quantitative estimate of drug-likeness (QED) is 0.320. The number of aromatic nitrogens is 1. The highest BCUT2D eigenvalue weighted by molar-refractivity contribution is 6.33. The first kappa shape index (κ1) is 14.0. The van der Waals surface area contributed by atoms with Crippen molar-refractivity contribution < 1.29 is 0 Å². The molecule has 1 heteroatoms. The summed E-state index contributed by atoms with van der Waals surface area (Å²) >= 11 is 0. The highest BCUT2D eigenvalue weighted by atomic mass is 14.7. The Labute approximate surface area is 151 Å². The lowest BCUT2D eigenvalue weighted by atomic mass is 9.94. The average Bonchev–Trinajstić information content (AvgIpc) is 3.06. The third-order valence-electron chi connectivity index (χ3n) is 5.78. The normalized spacial score (nSPS) is 12.2. The van der Waals surface area contributed by atoms with Gasteiger partial charge in [0, 0.05) is 11.8 Å². The molecule has 0 N–H and O–H groups in total. The van der Waals surface area contributed by atoms with Crippen LogP contribution in [0.1, 0.15) is 12.5 Å². The van der Waals surface area contributed by atoms with Crippen LogP contribution in [0.3, 0.4) is 0 Å². The van der Waals surface area contributed by atoms with Crippen LogP contribution in [0.4, 0.5) is 0 Å². The minimum absolute atomic E-state index is 1.03. The Hall–Kier alpha value is -3.19. The standard InChI is InChI=1S/C25H17N/c1-2-15-6-7-16-8-9-17-10-11-18-13-19(21-5-3-4-12-26-21)14-20-22(15)24(16)25(17)23(18)20/h3-14H,2H2,1H3. The van der Waals surface area contributed by atoms with E-state index < -0.39 is 0 Å². The summed E-state index contributed by atoms with van der Waals surface area (Å²) in [7, 11) is 0. The molecule has 1 aliphatic rings. The Morgan fingerprint density at radius 2 is 1.50 bits per heavy atom. The third kappa shape index (κ3) is 1.68. The Kier molecular flexibility index (Phi) is 2.66. The fraction of sp³-hybridized carbons (Fsp3) is 0.0800. The molecule has 0 aliphatic heterocycles. The van der Waals surface area contributed by atoms with E-state index in [0.717, 1.165) is 12.1 Å². The van der Waals surface area contributed by atoms with Crippen molar-refractivity contribution >= 4 is 32.3 Å². The van der Waals surface area contributed by atoms with E-state index in [1.807, 2.05) is 12.3 Å². The van der Waals surface area contributed by atoms with E-state index in [4.69, 9.17) is 0 Å². The molecule has 0 radical (unpaired) electrons. The van der Waals surface area contributed by atoms with E-state index >= 15 is 0 Å². The van der Waals surface area contributed by atoms with Gasteiger partial charge in [-0.25, -0.2) is 0 Å². The molecule has 5 aromatic rings. The van der Waals surface area contributed by atoms with Gasteiger partial charge in [0.05, 0.1) is 5.69 Å². The van der Waals surface area contributed by atoms with Crippen LogP contribution in [0.2, 0.25) is 0 Å². The molecule has 26 heavy (non-hydrogen) atoms. The molecule has 1 aliphatic carbocycles. The van der Waals surface area contributed by atoms with Gasteiger partial charge in [0.25, 0.3) is 0 Å². The Morgan fingerprint density at radius 3 is 2.27 bits per heavy atom. The second-order valence-electron chi connectivity index (χ2n) is 7.12.